The van der Waals surface area contributed by atoms with Gasteiger partial charge in [-0.05, 0) is 38.1 Å². The molecule has 0 fully saturated rings. The molecule has 0 spiro atoms. The third-order valence-corrected chi connectivity index (χ3v) is 2.88. The van der Waals surface area contributed by atoms with Crippen LogP contribution in [0.1, 0.15) is 24.5 Å². The first-order chi connectivity index (χ1) is 9.24. The van der Waals surface area contributed by atoms with E-state index in [4.69, 9.17) is 0 Å². The SMILES string of the molecule is CCN(CC)c1ccc(NC(=O)c2ncn[nH]2)cc1. The molecule has 0 aliphatic carbocycles. The molecule has 1 aromatic carbocycles. The summed E-state index contributed by atoms with van der Waals surface area (Å²) in [5.74, 6) is -0.0964. The van der Waals surface area contributed by atoms with Gasteiger partial charge in [-0.25, -0.2) is 4.98 Å². The Morgan fingerprint density at radius 2 is 1.95 bits per heavy atom. The highest BCUT2D eigenvalue weighted by molar-refractivity contribution is 6.01. The molecular weight excluding hydrogens is 242 g/mol. The fraction of sp³-hybridized carbons (Fsp3) is 0.308. The predicted molar refractivity (Wildman–Crippen MR) is 74.3 cm³/mol. The van der Waals surface area contributed by atoms with Crippen LogP contribution in [0.2, 0.25) is 0 Å². The third kappa shape index (κ3) is 3.09. The van der Waals surface area contributed by atoms with Crippen LogP contribution < -0.4 is 10.2 Å². The van der Waals surface area contributed by atoms with Gasteiger partial charge >= 0.3 is 0 Å². The minimum absolute atomic E-state index is 0.202. The number of benzene rings is 1. The van der Waals surface area contributed by atoms with Crippen molar-refractivity contribution in [1.29, 1.82) is 0 Å². The van der Waals surface area contributed by atoms with Crippen LogP contribution in [0, 0.1) is 0 Å². The smallest absolute Gasteiger partial charge is 0.292 e. The van der Waals surface area contributed by atoms with Crippen LogP contribution in [-0.2, 0) is 0 Å². The standard InChI is InChI=1S/C13H17N5O/c1-3-18(4-2)11-7-5-10(6-8-11)16-13(19)12-14-9-15-17-12/h5-9H,3-4H2,1-2H3,(H,16,19)(H,14,15,17). The zero-order valence-corrected chi connectivity index (χ0v) is 11.1. The average molecular weight is 259 g/mol. The van der Waals surface area contributed by atoms with Gasteiger partial charge < -0.3 is 10.2 Å². The Bertz CT molecular complexity index is 516. The Morgan fingerprint density at radius 3 is 2.47 bits per heavy atom. The highest BCUT2D eigenvalue weighted by atomic mass is 16.2. The number of aromatic amines is 1. The molecule has 2 rings (SSSR count). The molecule has 0 saturated carbocycles. The molecule has 2 aromatic rings. The van der Waals surface area contributed by atoms with Gasteiger partial charge in [-0.15, -0.1) is 0 Å². The van der Waals surface area contributed by atoms with Crippen LogP contribution >= 0.6 is 0 Å². The van der Waals surface area contributed by atoms with Gasteiger partial charge in [0.25, 0.3) is 5.91 Å². The van der Waals surface area contributed by atoms with E-state index in [1.165, 1.54) is 6.33 Å². The lowest BCUT2D eigenvalue weighted by atomic mass is 10.2. The van der Waals surface area contributed by atoms with Crippen molar-refractivity contribution in [3.05, 3.63) is 36.4 Å². The van der Waals surface area contributed by atoms with Crippen molar-refractivity contribution in [1.82, 2.24) is 15.2 Å². The first-order valence-electron chi connectivity index (χ1n) is 6.26. The number of carbonyl (C=O) groups excluding carboxylic acids is 1. The number of rotatable bonds is 5. The average Bonchev–Trinajstić information content (AvgIpc) is 2.96. The normalized spacial score (nSPS) is 10.2. The van der Waals surface area contributed by atoms with Crippen LogP contribution in [0.3, 0.4) is 0 Å². The number of hydrogen-bond acceptors (Lipinski definition) is 4. The number of H-pyrrole nitrogens is 1. The van der Waals surface area contributed by atoms with E-state index in [0.717, 1.165) is 24.5 Å². The van der Waals surface area contributed by atoms with E-state index >= 15 is 0 Å². The van der Waals surface area contributed by atoms with Crippen molar-refractivity contribution in [2.45, 2.75) is 13.8 Å². The molecule has 1 amide bonds. The van der Waals surface area contributed by atoms with Gasteiger partial charge in [0.15, 0.2) is 0 Å². The monoisotopic (exact) mass is 259 g/mol. The molecule has 0 aliphatic heterocycles. The minimum atomic E-state index is -0.298. The molecule has 0 bridgehead atoms. The summed E-state index contributed by atoms with van der Waals surface area (Å²) in [6, 6.07) is 7.73. The summed E-state index contributed by atoms with van der Waals surface area (Å²) >= 11 is 0. The lowest BCUT2D eigenvalue weighted by molar-refractivity contribution is 0.101. The molecular formula is C13H17N5O. The lowest BCUT2D eigenvalue weighted by Gasteiger charge is -2.21. The van der Waals surface area contributed by atoms with Crippen LogP contribution in [0.5, 0.6) is 0 Å². The van der Waals surface area contributed by atoms with E-state index < -0.39 is 0 Å². The zero-order chi connectivity index (χ0) is 13.7. The topological polar surface area (TPSA) is 73.9 Å². The van der Waals surface area contributed by atoms with E-state index in [-0.39, 0.29) is 11.7 Å². The number of amides is 1. The lowest BCUT2D eigenvalue weighted by Crippen LogP contribution is -2.21. The minimum Gasteiger partial charge on any atom is -0.372 e. The Hall–Kier alpha value is -2.37. The summed E-state index contributed by atoms with van der Waals surface area (Å²) in [4.78, 5) is 17.8. The molecule has 0 atom stereocenters. The number of nitrogens with zero attached hydrogens (tertiary/aromatic N) is 3. The van der Waals surface area contributed by atoms with Gasteiger partial charge in [-0.2, -0.15) is 5.10 Å². The highest BCUT2D eigenvalue weighted by Gasteiger charge is 2.09. The van der Waals surface area contributed by atoms with Crippen LogP contribution in [-0.4, -0.2) is 34.2 Å². The number of aromatic nitrogens is 3. The summed E-state index contributed by atoms with van der Waals surface area (Å²) in [6.45, 7) is 6.15. The number of nitrogens with one attached hydrogen (secondary N) is 2. The summed E-state index contributed by atoms with van der Waals surface area (Å²) < 4.78 is 0. The van der Waals surface area contributed by atoms with Crippen LogP contribution in [0.25, 0.3) is 0 Å². The van der Waals surface area contributed by atoms with Crippen molar-refractivity contribution in [3.8, 4) is 0 Å². The van der Waals surface area contributed by atoms with Gasteiger partial charge in [-0.1, -0.05) is 0 Å². The Balaban J connectivity index is 2.05. The molecule has 19 heavy (non-hydrogen) atoms. The summed E-state index contributed by atoms with van der Waals surface area (Å²) in [6.07, 6.45) is 1.30. The largest absolute Gasteiger partial charge is 0.372 e. The molecule has 6 nitrogen and oxygen atoms in total. The molecule has 0 radical (unpaired) electrons. The molecule has 1 heterocycles. The molecule has 6 heteroatoms. The van der Waals surface area contributed by atoms with Crippen LogP contribution in [0.15, 0.2) is 30.6 Å². The predicted octanol–water partition coefficient (Wildman–Crippen LogP) is 1.90. The van der Waals surface area contributed by atoms with Gasteiger partial charge in [0.1, 0.15) is 6.33 Å². The second kappa shape index (κ2) is 5.99. The van der Waals surface area contributed by atoms with Crippen molar-refractivity contribution in [2.75, 3.05) is 23.3 Å². The fourth-order valence-corrected chi connectivity index (χ4v) is 1.85. The van der Waals surface area contributed by atoms with Gasteiger partial charge in [0.2, 0.25) is 5.82 Å². The van der Waals surface area contributed by atoms with E-state index in [1.807, 2.05) is 24.3 Å². The summed E-state index contributed by atoms with van der Waals surface area (Å²) in [5.41, 5.74) is 1.87. The van der Waals surface area contributed by atoms with Crippen molar-refractivity contribution in [2.24, 2.45) is 0 Å². The first-order valence-corrected chi connectivity index (χ1v) is 6.26. The van der Waals surface area contributed by atoms with Gasteiger partial charge in [-0.3, -0.25) is 9.89 Å². The number of anilines is 2. The van der Waals surface area contributed by atoms with Gasteiger partial charge in [0.05, 0.1) is 0 Å². The number of carbonyl (C=O) groups is 1. The summed E-state index contributed by atoms with van der Waals surface area (Å²) in [5, 5.41) is 8.92. The molecule has 0 unspecified atom stereocenters. The maximum Gasteiger partial charge on any atom is 0.292 e. The Morgan fingerprint density at radius 1 is 1.26 bits per heavy atom. The summed E-state index contributed by atoms with van der Waals surface area (Å²) in [7, 11) is 0. The fourth-order valence-electron chi connectivity index (χ4n) is 1.85. The third-order valence-electron chi connectivity index (χ3n) is 2.88. The molecule has 0 saturated heterocycles. The molecule has 1 aromatic heterocycles. The Kier molecular flexibility index (Phi) is 4.12. The van der Waals surface area contributed by atoms with E-state index in [2.05, 4.69) is 39.2 Å². The van der Waals surface area contributed by atoms with Crippen molar-refractivity contribution in [3.63, 3.8) is 0 Å². The second-order valence-electron chi connectivity index (χ2n) is 4.01. The quantitative estimate of drug-likeness (QED) is 0.860. The number of hydrogen-bond donors (Lipinski definition) is 2. The molecule has 2 N–H and O–H groups in total. The molecule has 100 valence electrons. The first kappa shape index (κ1) is 13.1. The van der Waals surface area contributed by atoms with E-state index in [9.17, 15) is 4.79 Å². The van der Waals surface area contributed by atoms with E-state index in [1.54, 1.807) is 0 Å². The Labute approximate surface area is 111 Å². The van der Waals surface area contributed by atoms with Crippen LogP contribution in [0.4, 0.5) is 11.4 Å². The van der Waals surface area contributed by atoms with Crippen molar-refractivity contribution < 1.29 is 4.79 Å². The highest BCUT2D eigenvalue weighted by Crippen LogP contribution is 2.17. The maximum absolute atomic E-state index is 11.8. The van der Waals surface area contributed by atoms with Gasteiger partial charge in [0, 0.05) is 24.5 Å². The van der Waals surface area contributed by atoms with Crippen molar-refractivity contribution >= 4 is 17.3 Å². The second-order valence-corrected chi connectivity index (χ2v) is 4.01. The van der Waals surface area contributed by atoms with E-state index in [0.29, 0.717) is 0 Å². The zero-order valence-electron chi connectivity index (χ0n) is 11.1. The molecule has 0 aliphatic rings. The maximum atomic E-state index is 11.8.